The maximum absolute atomic E-state index is 13.1. The third kappa shape index (κ3) is 5.61. The molecule has 2 heterocycles. The van der Waals surface area contributed by atoms with Crippen LogP contribution in [0.4, 0.5) is 0 Å². The summed E-state index contributed by atoms with van der Waals surface area (Å²) < 4.78 is 33.1. The SMILES string of the molecule is O=C(CS(=O)(=O)c1cn(CC(=O)N2CCOCC2)c2ccccc12)NCCc1ccccc1. The van der Waals surface area contributed by atoms with Crippen molar-refractivity contribution in [3.05, 3.63) is 66.4 Å². The number of fused-ring (bicyclic) bond motifs is 1. The molecule has 1 saturated heterocycles. The Morgan fingerprint density at radius 2 is 1.67 bits per heavy atom. The van der Waals surface area contributed by atoms with Gasteiger partial charge in [0.2, 0.25) is 11.8 Å². The molecule has 0 atom stereocenters. The van der Waals surface area contributed by atoms with Crippen molar-refractivity contribution in [3.8, 4) is 0 Å². The van der Waals surface area contributed by atoms with Crippen LogP contribution in [0.15, 0.2) is 65.7 Å². The Labute approximate surface area is 193 Å². The Balaban J connectivity index is 1.47. The van der Waals surface area contributed by atoms with E-state index in [0.29, 0.717) is 50.2 Å². The number of hydrogen-bond acceptors (Lipinski definition) is 5. The van der Waals surface area contributed by atoms with Crippen LogP contribution in [0.2, 0.25) is 0 Å². The molecule has 0 aliphatic carbocycles. The quantitative estimate of drug-likeness (QED) is 0.541. The van der Waals surface area contributed by atoms with Crippen LogP contribution in [0.3, 0.4) is 0 Å². The predicted octanol–water partition coefficient (Wildman–Crippen LogP) is 1.63. The van der Waals surface area contributed by atoms with E-state index in [1.54, 1.807) is 33.7 Å². The zero-order valence-corrected chi connectivity index (χ0v) is 19.1. The van der Waals surface area contributed by atoms with Gasteiger partial charge < -0.3 is 19.5 Å². The average Bonchev–Trinajstić information content (AvgIpc) is 3.19. The Morgan fingerprint density at radius 3 is 2.42 bits per heavy atom. The lowest BCUT2D eigenvalue weighted by molar-refractivity contribution is -0.135. The van der Waals surface area contributed by atoms with Gasteiger partial charge in [-0.1, -0.05) is 48.5 Å². The number of sulfone groups is 1. The molecule has 0 unspecified atom stereocenters. The van der Waals surface area contributed by atoms with Crippen molar-refractivity contribution in [3.63, 3.8) is 0 Å². The second-order valence-electron chi connectivity index (χ2n) is 7.98. The van der Waals surface area contributed by atoms with Gasteiger partial charge in [-0.15, -0.1) is 0 Å². The van der Waals surface area contributed by atoms with Crippen molar-refractivity contribution in [2.24, 2.45) is 0 Å². The molecule has 0 spiro atoms. The third-order valence-electron chi connectivity index (χ3n) is 5.66. The number of hydrogen-bond donors (Lipinski definition) is 1. The molecule has 2 amide bonds. The fourth-order valence-electron chi connectivity index (χ4n) is 3.94. The number of para-hydroxylation sites is 1. The van der Waals surface area contributed by atoms with Crippen LogP contribution in [-0.4, -0.2) is 68.3 Å². The van der Waals surface area contributed by atoms with Crippen LogP contribution in [-0.2, 0) is 37.1 Å². The van der Waals surface area contributed by atoms with Gasteiger partial charge in [0.25, 0.3) is 0 Å². The van der Waals surface area contributed by atoms with E-state index in [1.165, 1.54) is 6.20 Å². The van der Waals surface area contributed by atoms with Crippen molar-refractivity contribution >= 4 is 32.6 Å². The molecule has 0 radical (unpaired) electrons. The molecule has 4 rings (SSSR count). The van der Waals surface area contributed by atoms with E-state index >= 15 is 0 Å². The summed E-state index contributed by atoms with van der Waals surface area (Å²) in [6.07, 6.45) is 2.09. The summed E-state index contributed by atoms with van der Waals surface area (Å²) in [5.41, 5.74) is 1.70. The summed E-state index contributed by atoms with van der Waals surface area (Å²) in [5, 5.41) is 3.19. The normalized spacial score (nSPS) is 14.4. The third-order valence-corrected chi connectivity index (χ3v) is 7.29. The molecule has 2 aromatic carbocycles. The predicted molar refractivity (Wildman–Crippen MR) is 125 cm³/mol. The smallest absolute Gasteiger partial charge is 0.242 e. The first-order valence-corrected chi connectivity index (χ1v) is 12.6. The minimum Gasteiger partial charge on any atom is -0.378 e. The van der Waals surface area contributed by atoms with Gasteiger partial charge in [-0.2, -0.15) is 0 Å². The Kier molecular flexibility index (Phi) is 7.10. The van der Waals surface area contributed by atoms with Gasteiger partial charge in [-0.05, 0) is 18.1 Å². The molecule has 8 nitrogen and oxygen atoms in total. The second-order valence-corrected chi connectivity index (χ2v) is 9.93. The summed E-state index contributed by atoms with van der Waals surface area (Å²) in [4.78, 5) is 26.9. The van der Waals surface area contributed by atoms with Crippen LogP contribution in [0, 0.1) is 0 Å². The number of carbonyl (C=O) groups excluding carboxylic acids is 2. The molecule has 3 aromatic rings. The van der Waals surface area contributed by atoms with E-state index in [4.69, 9.17) is 4.74 Å². The minimum atomic E-state index is -3.90. The average molecular weight is 470 g/mol. The minimum absolute atomic E-state index is 0.0271. The van der Waals surface area contributed by atoms with Crippen molar-refractivity contribution in [1.29, 1.82) is 0 Å². The van der Waals surface area contributed by atoms with E-state index < -0.39 is 21.5 Å². The first kappa shape index (κ1) is 23.0. The van der Waals surface area contributed by atoms with Gasteiger partial charge in [0.05, 0.1) is 18.1 Å². The maximum Gasteiger partial charge on any atom is 0.242 e. The summed E-state index contributed by atoms with van der Waals surface area (Å²) >= 11 is 0. The van der Waals surface area contributed by atoms with E-state index in [-0.39, 0.29) is 17.3 Å². The molecule has 1 aliphatic rings. The number of rotatable bonds is 8. The summed E-state index contributed by atoms with van der Waals surface area (Å²) in [6.45, 7) is 2.42. The fourth-order valence-corrected chi connectivity index (χ4v) is 5.34. The summed E-state index contributed by atoms with van der Waals surface area (Å²) in [6, 6.07) is 16.7. The molecule has 1 fully saturated rings. The number of carbonyl (C=O) groups is 2. The number of morpholine rings is 1. The molecule has 0 saturated carbocycles. The first-order chi connectivity index (χ1) is 15.9. The molecular weight excluding hydrogens is 442 g/mol. The molecular formula is C24H27N3O5S. The highest BCUT2D eigenvalue weighted by Crippen LogP contribution is 2.26. The van der Waals surface area contributed by atoms with Crippen LogP contribution in [0.5, 0.6) is 0 Å². The highest BCUT2D eigenvalue weighted by atomic mass is 32.2. The monoisotopic (exact) mass is 469 g/mol. The zero-order chi connectivity index (χ0) is 23.3. The number of amides is 2. The van der Waals surface area contributed by atoms with Crippen LogP contribution in [0.1, 0.15) is 5.56 Å². The lowest BCUT2D eigenvalue weighted by Gasteiger charge is -2.27. The van der Waals surface area contributed by atoms with Crippen molar-refractivity contribution in [2.45, 2.75) is 17.9 Å². The topological polar surface area (TPSA) is 97.7 Å². The molecule has 1 N–H and O–H groups in total. The van der Waals surface area contributed by atoms with E-state index in [9.17, 15) is 18.0 Å². The Morgan fingerprint density at radius 1 is 0.970 bits per heavy atom. The summed E-state index contributed by atoms with van der Waals surface area (Å²) in [7, 11) is -3.90. The molecule has 174 valence electrons. The van der Waals surface area contributed by atoms with Gasteiger partial charge in [0.1, 0.15) is 12.3 Å². The maximum atomic E-state index is 13.1. The van der Waals surface area contributed by atoms with Crippen LogP contribution < -0.4 is 5.32 Å². The number of benzene rings is 2. The molecule has 1 aromatic heterocycles. The Hall–Kier alpha value is -3.17. The fraction of sp³-hybridized carbons (Fsp3) is 0.333. The van der Waals surface area contributed by atoms with Gasteiger partial charge in [0.15, 0.2) is 9.84 Å². The Bertz CT molecular complexity index is 1230. The highest BCUT2D eigenvalue weighted by Gasteiger charge is 2.25. The van der Waals surface area contributed by atoms with E-state index in [0.717, 1.165) is 5.56 Å². The molecule has 0 bridgehead atoms. The van der Waals surface area contributed by atoms with Gasteiger partial charge >= 0.3 is 0 Å². The lowest BCUT2D eigenvalue weighted by atomic mass is 10.1. The van der Waals surface area contributed by atoms with Crippen molar-refractivity contribution < 1.29 is 22.7 Å². The van der Waals surface area contributed by atoms with Crippen LogP contribution in [0.25, 0.3) is 10.9 Å². The summed E-state index contributed by atoms with van der Waals surface area (Å²) in [5.74, 6) is -1.29. The highest BCUT2D eigenvalue weighted by molar-refractivity contribution is 7.92. The van der Waals surface area contributed by atoms with Crippen LogP contribution >= 0.6 is 0 Å². The first-order valence-electron chi connectivity index (χ1n) is 10.9. The second kappa shape index (κ2) is 10.2. The van der Waals surface area contributed by atoms with Gasteiger partial charge in [-0.3, -0.25) is 9.59 Å². The molecule has 1 aliphatic heterocycles. The van der Waals surface area contributed by atoms with Gasteiger partial charge in [-0.25, -0.2) is 8.42 Å². The largest absolute Gasteiger partial charge is 0.378 e. The number of aromatic nitrogens is 1. The number of nitrogens with zero attached hydrogens (tertiary/aromatic N) is 2. The van der Waals surface area contributed by atoms with E-state index in [2.05, 4.69) is 5.32 Å². The van der Waals surface area contributed by atoms with Crippen molar-refractivity contribution in [1.82, 2.24) is 14.8 Å². The molecule has 33 heavy (non-hydrogen) atoms. The van der Waals surface area contributed by atoms with Gasteiger partial charge in [0, 0.05) is 36.7 Å². The standard InChI is InChI=1S/C24H27N3O5S/c28-23(25-11-10-19-6-2-1-3-7-19)18-33(30,31)22-16-27(21-9-5-4-8-20(21)22)17-24(29)26-12-14-32-15-13-26/h1-9,16H,10-15,17-18H2,(H,25,28). The van der Waals surface area contributed by atoms with Crippen molar-refractivity contribution in [2.75, 3.05) is 38.6 Å². The number of ether oxygens (including phenoxy) is 1. The molecule has 9 heteroatoms. The number of nitrogens with one attached hydrogen (secondary N) is 1. The van der Waals surface area contributed by atoms with E-state index in [1.807, 2.05) is 30.3 Å². The zero-order valence-electron chi connectivity index (χ0n) is 18.3. The lowest BCUT2D eigenvalue weighted by Crippen LogP contribution is -2.42.